The Morgan fingerprint density at radius 3 is 2.33 bits per heavy atom. The topological polar surface area (TPSA) is 50.2 Å². The molecule has 0 aromatic carbocycles. The van der Waals surface area contributed by atoms with Crippen LogP contribution in [-0.2, 0) is 9.53 Å². The third-order valence-electron chi connectivity index (χ3n) is 1.93. The average Bonchev–Trinajstić information content (AvgIpc) is 2.14. The average molecular weight is 169 g/mol. The van der Waals surface area contributed by atoms with E-state index in [-0.39, 0.29) is 0 Å². The third kappa shape index (κ3) is 2.49. The van der Waals surface area contributed by atoms with Gasteiger partial charge in [0.1, 0.15) is 5.60 Å². The van der Waals surface area contributed by atoms with Crippen LogP contribution in [0.25, 0.3) is 0 Å². The molecule has 0 heterocycles. The molecule has 0 aliphatic carbocycles. The molecule has 68 valence electrons. The van der Waals surface area contributed by atoms with E-state index >= 15 is 0 Å². The van der Waals surface area contributed by atoms with Gasteiger partial charge in [-0.15, -0.1) is 0 Å². The minimum Gasteiger partial charge on any atom is -0.450 e. The molecule has 0 radical (unpaired) electrons. The zero-order valence-corrected chi connectivity index (χ0v) is 7.59. The highest BCUT2D eigenvalue weighted by molar-refractivity contribution is 5.84. The van der Waals surface area contributed by atoms with E-state index in [1.807, 2.05) is 13.8 Å². The van der Waals surface area contributed by atoms with Gasteiger partial charge in [-0.25, -0.2) is 4.79 Å². The maximum atomic E-state index is 10.9. The first-order valence-corrected chi connectivity index (χ1v) is 4.01. The zero-order chi connectivity index (χ0) is 9.61. The fourth-order valence-electron chi connectivity index (χ4n) is 0.870. The van der Waals surface area contributed by atoms with Crippen molar-refractivity contribution in [3.63, 3.8) is 0 Å². The van der Waals surface area contributed by atoms with Gasteiger partial charge < -0.3 is 10.1 Å². The van der Waals surface area contributed by atoms with Gasteiger partial charge in [0.25, 0.3) is 0 Å². The number of ether oxygens (including phenoxy) is 1. The summed E-state index contributed by atoms with van der Waals surface area (Å²) >= 11 is 0. The molecule has 0 aromatic heterocycles. The van der Waals surface area contributed by atoms with Gasteiger partial charge in [-0.3, -0.25) is 0 Å². The summed E-state index contributed by atoms with van der Waals surface area (Å²) < 4.78 is 5.03. The predicted octanol–water partition coefficient (Wildman–Crippen LogP) is 1.92. The smallest absolute Gasteiger partial charge is 0.331 e. The summed E-state index contributed by atoms with van der Waals surface area (Å²) in [5.74, 6) is -0.470. The van der Waals surface area contributed by atoms with Crippen LogP contribution in [0.4, 0.5) is 0 Å². The van der Waals surface area contributed by atoms with Crippen molar-refractivity contribution in [3.05, 3.63) is 12.7 Å². The molecule has 0 atom stereocenters. The Hall–Kier alpha value is -1.12. The number of esters is 1. The van der Waals surface area contributed by atoms with E-state index in [1.165, 1.54) is 6.21 Å². The Bertz CT molecular complexity index is 183. The summed E-state index contributed by atoms with van der Waals surface area (Å²) in [5, 5.41) is 7.14. The van der Waals surface area contributed by atoms with Crippen molar-refractivity contribution in [2.45, 2.75) is 32.3 Å². The van der Waals surface area contributed by atoms with Gasteiger partial charge in [-0.05, 0) is 12.8 Å². The summed E-state index contributed by atoms with van der Waals surface area (Å²) in [5.41, 5.74) is -0.731. The van der Waals surface area contributed by atoms with Crippen molar-refractivity contribution < 1.29 is 9.53 Å². The number of nitrogens with one attached hydrogen (secondary N) is 1. The molecule has 0 aliphatic rings. The van der Waals surface area contributed by atoms with Gasteiger partial charge in [-0.2, -0.15) is 0 Å². The quantitative estimate of drug-likeness (QED) is 0.388. The Morgan fingerprint density at radius 2 is 2.08 bits per heavy atom. The molecular weight excluding hydrogens is 154 g/mol. The largest absolute Gasteiger partial charge is 0.450 e. The molecule has 0 aromatic rings. The molecule has 0 fully saturated rings. The van der Waals surface area contributed by atoms with Gasteiger partial charge in [0, 0.05) is 12.3 Å². The van der Waals surface area contributed by atoms with E-state index in [0.29, 0.717) is 12.8 Å². The second-order valence-electron chi connectivity index (χ2n) is 2.54. The molecular formula is C9H15NO2. The molecule has 12 heavy (non-hydrogen) atoms. The van der Waals surface area contributed by atoms with Gasteiger partial charge in [-0.1, -0.05) is 20.4 Å². The van der Waals surface area contributed by atoms with Crippen LogP contribution >= 0.6 is 0 Å². The van der Waals surface area contributed by atoms with E-state index in [2.05, 4.69) is 6.58 Å². The highest BCUT2D eigenvalue weighted by atomic mass is 16.6. The van der Waals surface area contributed by atoms with Crippen LogP contribution in [0.5, 0.6) is 0 Å². The minimum absolute atomic E-state index is 0.470. The molecule has 0 saturated carbocycles. The van der Waals surface area contributed by atoms with Crippen LogP contribution in [0.2, 0.25) is 0 Å². The van der Waals surface area contributed by atoms with Crippen molar-refractivity contribution in [2.24, 2.45) is 0 Å². The summed E-state index contributed by atoms with van der Waals surface area (Å²) in [6.45, 7) is 7.06. The highest BCUT2D eigenvalue weighted by Gasteiger charge is 2.26. The molecule has 0 bridgehead atoms. The molecule has 0 saturated heterocycles. The van der Waals surface area contributed by atoms with Crippen LogP contribution < -0.4 is 0 Å². The van der Waals surface area contributed by atoms with E-state index in [9.17, 15) is 4.79 Å². The number of rotatable bonds is 5. The lowest BCUT2D eigenvalue weighted by Crippen LogP contribution is -2.34. The summed E-state index contributed by atoms with van der Waals surface area (Å²) in [6.07, 6.45) is 3.52. The van der Waals surface area contributed by atoms with Crippen LogP contribution in [0, 0.1) is 5.41 Å². The normalized spacial score (nSPS) is 10.5. The first-order chi connectivity index (χ1) is 5.64. The van der Waals surface area contributed by atoms with Gasteiger partial charge in [0.15, 0.2) is 0 Å². The Kier molecular flexibility index (Phi) is 4.26. The Balaban J connectivity index is 4.39. The van der Waals surface area contributed by atoms with Crippen molar-refractivity contribution in [1.82, 2.24) is 0 Å². The van der Waals surface area contributed by atoms with Crippen molar-refractivity contribution in [3.8, 4) is 0 Å². The van der Waals surface area contributed by atoms with Crippen molar-refractivity contribution >= 4 is 12.2 Å². The van der Waals surface area contributed by atoms with Gasteiger partial charge >= 0.3 is 5.97 Å². The van der Waals surface area contributed by atoms with Crippen LogP contribution in [-0.4, -0.2) is 17.8 Å². The zero-order valence-electron chi connectivity index (χ0n) is 7.59. The molecule has 0 unspecified atom stereocenters. The monoisotopic (exact) mass is 169 g/mol. The molecule has 3 heteroatoms. The predicted molar refractivity (Wildman–Crippen MR) is 48.4 cm³/mol. The molecule has 1 N–H and O–H groups in total. The number of hydrogen-bond donors (Lipinski definition) is 1. The lowest BCUT2D eigenvalue weighted by Gasteiger charge is -2.25. The van der Waals surface area contributed by atoms with Gasteiger partial charge in [0.2, 0.25) is 0 Å². The van der Waals surface area contributed by atoms with Crippen LogP contribution in [0.1, 0.15) is 26.7 Å². The molecule has 3 nitrogen and oxygen atoms in total. The summed E-state index contributed by atoms with van der Waals surface area (Å²) in [4.78, 5) is 10.9. The summed E-state index contributed by atoms with van der Waals surface area (Å²) in [7, 11) is 0. The third-order valence-corrected chi connectivity index (χ3v) is 1.93. The lowest BCUT2D eigenvalue weighted by atomic mass is 9.99. The summed E-state index contributed by atoms with van der Waals surface area (Å²) in [6, 6.07) is 0. The molecule has 0 amide bonds. The number of carbonyl (C=O) groups excluding carboxylic acids is 1. The van der Waals surface area contributed by atoms with Gasteiger partial charge in [0.05, 0.1) is 0 Å². The standard InChI is InChI=1S/C9H15NO2/c1-4-8(11)12-9(5-2,6-3)7-10/h4,7,10H,1,5-6H2,2-3H3. The van der Waals surface area contributed by atoms with E-state index in [0.717, 1.165) is 6.08 Å². The number of hydrogen-bond acceptors (Lipinski definition) is 3. The van der Waals surface area contributed by atoms with E-state index < -0.39 is 11.6 Å². The fourth-order valence-corrected chi connectivity index (χ4v) is 0.870. The second-order valence-corrected chi connectivity index (χ2v) is 2.54. The molecule has 0 aliphatic heterocycles. The SMILES string of the molecule is C=CC(=O)OC(C=N)(CC)CC. The lowest BCUT2D eigenvalue weighted by molar-refractivity contribution is -0.147. The number of carbonyl (C=O) groups is 1. The van der Waals surface area contributed by atoms with E-state index in [4.69, 9.17) is 10.1 Å². The maximum absolute atomic E-state index is 10.9. The van der Waals surface area contributed by atoms with Crippen LogP contribution in [0.3, 0.4) is 0 Å². The first-order valence-electron chi connectivity index (χ1n) is 4.01. The molecule has 0 spiro atoms. The van der Waals surface area contributed by atoms with Crippen LogP contribution in [0.15, 0.2) is 12.7 Å². The van der Waals surface area contributed by atoms with Crippen molar-refractivity contribution in [1.29, 1.82) is 5.41 Å². The van der Waals surface area contributed by atoms with E-state index in [1.54, 1.807) is 0 Å². The second kappa shape index (κ2) is 4.70. The first kappa shape index (κ1) is 10.9. The Morgan fingerprint density at radius 1 is 1.58 bits per heavy atom. The van der Waals surface area contributed by atoms with Crippen molar-refractivity contribution in [2.75, 3.05) is 0 Å². The maximum Gasteiger partial charge on any atom is 0.331 e. The Labute approximate surface area is 72.9 Å². The fraction of sp³-hybridized carbons (Fsp3) is 0.556. The molecule has 0 rings (SSSR count). The highest BCUT2D eigenvalue weighted by Crippen LogP contribution is 2.17. The minimum atomic E-state index is -0.731.